The molecule has 0 saturated carbocycles. The van der Waals surface area contributed by atoms with Crippen LogP contribution >= 0.6 is 23.2 Å². The molecule has 0 spiro atoms. The third kappa shape index (κ3) is 3.13. The lowest BCUT2D eigenvalue weighted by atomic mass is 10.0. The van der Waals surface area contributed by atoms with Crippen molar-refractivity contribution < 1.29 is 0 Å². The summed E-state index contributed by atoms with van der Waals surface area (Å²) in [6.07, 6.45) is 2.14. The summed E-state index contributed by atoms with van der Waals surface area (Å²) in [5, 5.41) is 1.22. The number of hydrogen-bond acceptors (Lipinski definition) is 3. The molecule has 5 heteroatoms. The Bertz CT molecular complexity index is 558. The van der Waals surface area contributed by atoms with Gasteiger partial charge >= 0.3 is 0 Å². The van der Waals surface area contributed by atoms with Gasteiger partial charge < -0.3 is 11.5 Å². The maximum absolute atomic E-state index is 6.13. The maximum Gasteiger partial charge on any atom is 0.128 e. The second kappa shape index (κ2) is 5.57. The number of halogens is 2. The van der Waals surface area contributed by atoms with Gasteiger partial charge in [0.2, 0.25) is 0 Å². The van der Waals surface area contributed by atoms with Crippen molar-refractivity contribution in [2.45, 2.75) is 12.5 Å². The van der Waals surface area contributed by atoms with Crippen LogP contribution in [0.5, 0.6) is 0 Å². The monoisotopic (exact) mass is 281 g/mol. The molecule has 3 nitrogen and oxygen atoms in total. The fraction of sp³-hybridized carbons (Fsp3) is 0.154. The molecule has 0 amide bonds. The van der Waals surface area contributed by atoms with Crippen LogP contribution in [0.4, 0.5) is 5.82 Å². The quantitative estimate of drug-likeness (QED) is 0.908. The van der Waals surface area contributed by atoms with Crippen LogP contribution in [0.25, 0.3) is 0 Å². The average Bonchev–Trinajstić information content (AvgIpc) is 2.32. The zero-order valence-corrected chi connectivity index (χ0v) is 11.1. The summed E-state index contributed by atoms with van der Waals surface area (Å²) in [5.41, 5.74) is 13.7. The van der Waals surface area contributed by atoms with Gasteiger partial charge in [0, 0.05) is 22.8 Å². The summed E-state index contributed by atoms with van der Waals surface area (Å²) in [6, 6.07) is 9.07. The van der Waals surface area contributed by atoms with Crippen LogP contribution < -0.4 is 11.5 Å². The topological polar surface area (TPSA) is 64.9 Å². The van der Waals surface area contributed by atoms with Crippen molar-refractivity contribution in [2.75, 3.05) is 5.73 Å². The second-order valence-electron chi connectivity index (χ2n) is 4.07. The molecule has 0 radical (unpaired) electrons. The molecule has 0 aliphatic heterocycles. The summed E-state index contributed by atoms with van der Waals surface area (Å²) >= 11 is 11.8. The van der Waals surface area contributed by atoms with Gasteiger partial charge in [-0.2, -0.15) is 0 Å². The molecule has 1 aromatic carbocycles. The molecule has 1 atom stereocenters. The third-order valence-electron chi connectivity index (χ3n) is 2.66. The van der Waals surface area contributed by atoms with Crippen molar-refractivity contribution in [3.05, 3.63) is 57.7 Å². The Labute approximate surface area is 116 Å². The van der Waals surface area contributed by atoms with Crippen LogP contribution in [0.1, 0.15) is 17.2 Å². The molecule has 94 valence electrons. The molecule has 0 fully saturated rings. The lowest BCUT2D eigenvalue weighted by molar-refractivity contribution is 0.721. The number of aromatic nitrogens is 1. The van der Waals surface area contributed by atoms with Gasteiger partial charge in [0.25, 0.3) is 0 Å². The van der Waals surface area contributed by atoms with Gasteiger partial charge in [0.05, 0.1) is 5.02 Å². The molecule has 18 heavy (non-hydrogen) atoms. The SMILES string of the molecule is Nc1ncc(Cl)cc1C(N)Cc1cccc(Cl)c1. The largest absolute Gasteiger partial charge is 0.383 e. The van der Waals surface area contributed by atoms with E-state index in [1.807, 2.05) is 24.3 Å². The number of nitrogen functional groups attached to an aromatic ring is 1. The van der Waals surface area contributed by atoms with Crippen molar-refractivity contribution >= 4 is 29.0 Å². The molecule has 1 aromatic heterocycles. The highest BCUT2D eigenvalue weighted by Gasteiger charge is 2.12. The van der Waals surface area contributed by atoms with E-state index in [1.165, 1.54) is 6.20 Å². The first-order chi connectivity index (χ1) is 8.56. The van der Waals surface area contributed by atoms with E-state index in [-0.39, 0.29) is 6.04 Å². The molecule has 1 unspecified atom stereocenters. The van der Waals surface area contributed by atoms with E-state index in [9.17, 15) is 0 Å². The molecule has 0 aliphatic carbocycles. The van der Waals surface area contributed by atoms with Gasteiger partial charge in [-0.25, -0.2) is 4.98 Å². The first-order valence-electron chi connectivity index (χ1n) is 5.47. The van der Waals surface area contributed by atoms with Crippen molar-refractivity contribution in [1.29, 1.82) is 0 Å². The predicted octanol–water partition coefficient (Wildman–Crippen LogP) is 3.21. The van der Waals surface area contributed by atoms with E-state index in [2.05, 4.69) is 4.98 Å². The summed E-state index contributed by atoms with van der Waals surface area (Å²) in [4.78, 5) is 4.00. The van der Waals surface area contributed by atoms with Gasteiger partial charge in [-0.05, 0) is 30.2 Å². The molecule has 2 rings (SSSR count). The van der Waals surface area contributed by atoms with E-state index in [0.717, 1.165) is 11.1 Å². The summed E-state index contributed by atoms with van der Waals surface area (Å²) < 4.78 is 0. The molecule has 1 heterocycles. The highest BCUT2D eigenvalue weighted by molar-refractivity contribution is 6.30. The van der Waals surface area contributed by atoms with Gasteiger partial charge in [0.1, 0.15) is 5.82 Å². The Morgan fingerprint density at radius 1 is 1.17 bits per heavy atom. The van der Waals surface area contributed by atoms with Gasteiger partial charge in [-0.15, -0.1) is 0 Å². The van der Waals surface area contributed by atoms with Crippen LogP contribution in [0, 0.1) is 0 Å². The zero-order chi connectivity index (χ0) is 13.1. The summed E-state index contributed by atoms with van der Waals surface area (Å²) in [6.45, 7) is 0. The van der Waals surface area contributed by atoms with Crippen LogP contribution in [0.15, 0.2) is 36.5 Å². The predicted molar refractivity (Wildman–Crippen MR) is 75.7 cm³/mol. The Kier molecular flexibility index (Phi) is 4.07. The fourth-order valence-corrected chi connectivity index (χ4v) is 2.17. The number of nitrogens with zero attached hydrogens (tertiary/aromatic N) is 1. The van der Waals surface area contributed by atoms with Crippen molar-refractivity contribution in [3.8, 4) is 0 Å². The summed E-state index contributed by atoms with van der Waals surface area (Å²) in [5.74, 6) is 0.411. The van der Waals surface area contributed by atoms with Crippen LogP contribution in [0.2, 0.25) is 10.0 Å². The van der Waals surface area contributed by atoms with Crippen molar-refractivity contribution in [2.24, 2.45) is 5.73 Å². The van der Waals surface area contributed by atoms with E-state index in [4.69, 9.17) is 34.7 Å². The minimum Gasteiger partial charge on any atom is -0.383 e. The lowest BCUT2D eigenvalue weighted by Gasteiger charge is -2.14. The Morgan fingerprint density at radius 3 is 2.67 bits per heavy atom. The minimum atomic E-state index is -0.255. The van der Waals surface area contributed by atoms with E-state index in [0.29, 0.717) is 22.3 Å². The highest BCUT2D eigenvalue weighted by Crippen LogP contribution is 2.24. The molecule has 2 aromatic rings. The molecule has 4 N–H and O–H groups in total. The number of hydrogen-bond donors (Lipinski definition) is 2. The second-order valence-corrected chi connectivity index (χ2v) is 4.94. The minimum absolute atomic E-state index is 0.255. The van der Waals surface area contributed by atoms with Crippen LogP contribution in [0.3, 0.4) is 0 Å². The molecule has 0 saturated heterocycles. The third-order valence-corrected chi connectivity index (χ3v) is 3.10. The standard InChI is InChI=1S/C13H13Cl2N3/c14-9-3-1-2-8(4-9)5-12(16)11-6-10(15)7-18-13(11)17/h1-4,6-7,12H,5,16H2,(H2,17,18). The lowest BCUT2D eigenvalue weighted by Crippen LogP contribution is -2.16. The van der Waals surface area contributed by atoms with Crippen LogP contribution in [-0.2, 0) is 6.42 Å². The van der Waals surface area contributed by atoms with E-state index in [1.54, 1.807) is 6.07 Å². The van der Waals surface area contributed by atoms with Gasteiger partial charge in [-0.1, -0.05) is 35.3 Å². The number of benzene rings is 1. The van der Waals surface area contributed by atoms with Crippen molar-refractivity contribution in [1.82, 2.24) is 4.98 Å². The van der Waals surface area contributed by atoms with Gasteiger partial charge in [-0.3, -0.25) is 0 Å². The van der Waals surface area contributed by atoms with Gasteiger partial charge in [0.15, 0.2) is 0 Å². The molecule has 0 aliphatic rings. The van der Waals surface area contributed by atoms with Crippen LogP contribution in [-0.4, -0.2) is 4.98 Å². The molecular formula is C13H13Cl2N3. The first kappa shape index (κ1) is 13.1. The number of pyridine rings is 1. The number of anilines is 1. The normalized spacial score (nSPS) is 12.4. The average molecular weight is 282 g/mol. The maximum atomic E-state index is 6.13. The van der Waals surface area contributed by atoms with Crippen molar-refractivity contribution in [3.63, 3.8) is 0 Å². The smallest absolute Gasteiger partial charge is 0.128 e. The number of rotatable bonds is 3. The summed E-state index contributed by atoms with van der Waals surface area (Å²) in [7, 11) is 0. The van der Waals surface area contributed by atoms with E-state index >= 15 is 0 Å². The van der Waals surface area contributed by atoms with E-state index < -0.39 is 0 Å². The Hall–Kier alpha value is -1.29. The fourth-order valence-electron chi connectivity index (χ4n) is 1.79. The zero-order valence-electron chi connectivity index (χ0n) is 9.61. The molecule has 0 bridgehead atoms. The molecular weight excluding hydrogens is 269 g/mol. The first-order valence-corrected chi connectivity index (χ1v) is 6.23. The Morgan fingerprint density at radius 2 is 1.94 bits per heavy atom. The number of nitrogens with two attached hydrogens (primary N) is 2. The highest BCUT2D eigenvalue weighted by atomic mass is 35.5. The Balaban J connectivity index is 2.21.